The second-order valence-electron chi connectivity index (χ2n) is 3.14. The molecule has 0 aliphatic heterocycles. The van der Waals surface area contributed by atoms with Crippen molar-refractivity contribution in [1.82, 2.24) is 0 Å². The normalized spacial score (nSPS) is 10.1. The van der Waals surface area contributed by atoms with Gasteiger partial charge in [-0.15, -0.1) is 11.6 Å². The Morgan fingerprint density at radius 1 is 1.50 bits per heavy atom. The van der Waals surface area contributed by atoms with Crippen LogP contribution in [-0.4, -0.2) is 16.6 Å². The zero-order chi connectivity index (χ0) is 12.1. The van der Waals surface area contributed by atoms with Gasteiger partial charge in [0.05, 0.1) is 9.40 Å². The third-order valence-electron chi connectivity index (χ3n) is 2.00. The maximum absolute atomic E-state index is 11.6. The van der Waals surface area contributed by atoms with Crippen molar-refractivity contribution in [1.29, 1.82) is 0 Å². The molecule has 0 aromatic heterocycles. The Kier molecular flexibility index (Phi) is 4.89. The fraction of sp³-hybridized carbons (Fsp3) is 0.300. The maximum atomic E-state index is 11.6. The Bertz CT molecular complexity index is 423. The Balaban J connectivity index is 2.94. The number of halogens is 2. The summed E-state index contributed by atoms with van der Waals surface area (Å²) in [5, 5.41) is 10.7. The van der Waals surface area contributed by atoms with Gasteiger partial charge in [-0.1, -0.05) is 0 Å². The number of hydrogen-bond acceptors (Lipinski definition) is 3. The average Bonchev–Trinajstić information content (AvgIpc) is 2.26. The zero-order valence-corrected chi connectivity index (χ0v) is 10.6. The van der Waals surface area contributed by atoms with Gasteiger partial charge >= 0.3 is 0 Å². The lowest BCUT2D eigenvalue weighted by Gasteiger charge is -2.01. The molecule has 0 aliphatic rings. The molecular formula is C10H9BrClNO3. The molecule has 6 heteroatoms. The van der Waals surface area contributed by atoms with Crippen LogP contribution in [0.1, 0.15) is 23.2 Å². The molecule has 1 aromatic carbocycles. The van der Waals surface area contributed by atoms with E-state index in [2.05, 4.69) is 15.9 Å². The molecule has 0 unspecified atom stereocenters. The van der Waals surface area contributed by atoms with Crippen molar-refractivity contribution < 1.29 is 9.72 Å². The van der Waals surface area contributed by atoms with Crippen molar-refractivity contribution in [2.24, 2.45) is 0 Å². The molecule has 0 amide bonds. The van der Waals surface area contributed by atoms with Gasteiger partial charge in [0.15, 0.2) is 5.78 Å². The zero-order valence-electron chi connectivity index (χ0n) is 8.28. The van der Waals surface area contributed by atoms with Crippen LogP contribution in [0.3, 0.4) is 0 Å². The Hall–Kier alpha value is -0.940. The van der Waals surface area contributed by atoms with E-state index in [0.717, 1.165) is 0 Å². The summed E-state index contributed by atoms with van der Waals surface area (Å²) in [5.41, 5.74) is 0.247. The summed E-state index contributed by atoms with van der Waals surface area (Å²) in [6.07, 6.45) is 0.881. The lowest BCUT2D eigenvalue weighted by atomic mass is 10.1. The summed E-state index contributed by atoms with van der Waals surface area (Å²) < 4.78 is 0.367. The van der Waals surface area contributed by atoms with Crippen molar-refractivity contribution in [2.75, 3.05) is 5.88 Å². The predicted octanol–water partition coefficient (Wildman–Crippen LogP) is 3.56. The monoisotopic (exact) mass is 305 g/mol. The molecule has 0 saturated carbocycles. The molecule has 4 nitrogen and oxygen atoms in total. The number of carbonyl (C=O) groups is 1. The van der Waals surface area contributed by atoms with Crippen LogP contribution < -0.4 is 0 Å². The van der Waals surface area contributed by atoms with Crippen LogP contribution in [0.2, 0.25) is 0 Å². The van der Waals surface area contributed by atoms with Crippen LogP contribution in [0.15, 0.2) is 22.7 Å². The van der Waals surface area contributed by atoms with Crippen molar-refractivity contribution >= 4 is 39.0 Å². The van der Waals surface area contributed by atoms with E-state index in [1.165, 1.54) is 12.1 Å². The fourth-order valence-corrected chi connectivity index (χ4v) is 1.72. The minimum atomic E-state index is -0.525. The van der Waals surface area contributed by atoms with Gasteiger partial charge in [-0.05, 0) is 34.5 Å². The topological polar surface area (TPSA) is 60.2 Å². The van der Waals surface area contributed by atoms with Crippen molar-refractivity contribution in [2.45, 2.75) is 12.8 Å². The molecule has 0 saturated heterocycles. The molecule has 16 heavy (non-hydrogen) atoms. The van der Waals surface area contributed by atoms with Crippen molar-refractivity contribution in [3.63, 3.8) is 0 Å². The summed E-state index contributed by atoms with van der Waals surface area (Å²) in [6, 6.07) is 4.35. The molecular weight excluding hydrogens is 297 g/mol. The van der Waals surface area contributed by atoms with E-state index < -0.39 is 4.92 Å². The number of nitrogens with zero attached hydrogens (tertiary/aromatic N) is 1. The number of nitro benzene ring substituents is 1. The Labute approximate surface area is 106 Å². The first kappa shape index (κ1) is 13.1. The second-order valence-corrected chi connectivity index (χ2v) is 4.37. The first-order chi connectivity index (χ1) is 7.56. The van der Waals surface area contributed by atoms with Gasteiger partial charge in [-0.2, -0.15) is 0 Å². The summed E-state index contributed by atoms with van der Waals surface area (Å²) in [7, 11) is 0. The molecule has 0 fully saturated rings. The van der Waals surface area contributed by atoms with E-state index in [4.69, 9.17) is 11.6 Å². The average molecular weight is 307 g/mol. The quantitative estimate of drug-likeness (QED) is 0.362. The third-order valence-corrected chi connectivity index (χ3v) is 2.94. The van der Waals surface area contributed by atoms with E-state index in [9.17, 15) is 14.9 Å². The first-order valence-electron chi connectivity index (χ1n) is 4.59. The van der Waals surface area contributed by atoms with E-state index >= 15 is 0 Å². The number of rotatable bonds is 5. The molecule has 86 valence electrons. The molecule has 0 spiro atoms. The Morgan fingerprint density at radius 3 is 2.75 bits per heavy atom. The minimum Gasteiger partial charge on any atom is -0.294 e. The van der Waals surface area contributed by atoms with Gasteiger partial charge in [-0.25, -0.2) is 0 Å². The van der Waals surface area contributed by atoms with Gasteiger partial charge in [0.1, 0.15) is 0 Å². The molecule has 0 atom stereocenters. The highest BCUT2D eigenvalue weighted by Crippen LogP contribution is 2.26. The highest BCUT2D eigenvalue weighted by atomic mass is 79.9. The summed E-state index contributed by atoms with van der Waals surface area (Å²) in [4.78, 5) is 21.7. The van der Waals surface area contributed by atoms with E-state index in [1.54, 1.807) is 6.07 Å². The van der Waals surface area contributed by atoms with Crippen LogP contribution in [0.25, 0.3) is 0 Å². The van der Waals surface area contributed by atoms with Crippen LogP contribution >= 0.6 is 27.5 Å². The summed E-state index contributed by atoms with van der Waals surface area (Å²) >= 11 is 8.53. The highest BCUT2D eigenvalue weighted by Gasteiger charge is 2.15. The van der Waals surface area contributed by atoms with Gasteiger partial charge < -0.3 is 0 Å². The fourth-order valence-electron chi connectivity index (χ4n) is 1.20. The second kappa shape index (κ2) is 5.96. The smallest absolute Gasteiger partial charge is 0.284 e. The van der Waals surface area contributed by atoms with Gasteiger partial charge in [-0.3, -0.25) is 14.9 Å². The molecule has 0 bridgehead atoms. The molecule has 1 rings (SSSR count). The van der Waals surface area contributed by atoms with E-state index in [-0.39, 0.29) is 11.5 Å². The molecule has 0 N–H and O–H groups in total. The maximum Gasteiger partial charge on any atom is 0.284 e. The lowest BCUT2D eigenvalue weighted by Crippen LogP contribution is -2.01. The largest absolute Gasteiger partial charge is 0.294 e. The number of carbonyl (C=O) groups excluding carboxylic acids is 1. The standard InChI is InChI=1S/C10H9BrClNO3/c11-8-4-3-7(6-9(8)13(15)16)10(14)2-1-5-12/h3-4,6H,1-2,5H2. The number of nitro groups is 1. The number of hydrogen-bond donors (Lipinski definition) is 0. The highest BCUT2D eigenvalue weighted by molar-refractivity contribution is 9.10. The SMILES string of the molecule is O=C(CCCCl)c1ccc(Br)c([N+](=O)[O-])c1. The minimum absolute atomic E-state index is 0.100. The molecule has 1 aromatic rings. The number of ketones is 1. The lowest BCUT2D eigenvalue weighted by molar-refractivity contribution is -0.385. The number of benzene rings is 1. The third kappa shape index (κ3) is 3.28. The van der Waals surface area contributed by atoms with Gasteiger partial charge in [0.2, 0.25) is 0 Å². The first-order valence-corrected chi connectivity index (χ1v) is 5.92. The summed E-state index contributed by atoms with van der Waals surface area (Å²) in [5.74, 6) is 0.279. The molecule has 0 radical (unpaired) electrons. The van der Waals surface area contributed by atoms with Crippen molar-refractivity contribution in [3.8, 4) is 0 Å². The van der Waals surface area contributed by atoms with E-state index in [0.29, 0.717) is 28.8 Å². The van der Waals surface area contributed by atoms with Crippen molar-refractivity contribution in [3.05, 3.63) is 38.3 Å². The van der Waals surface area contributed by atoms with Crippen LogP contribution in [0.4, 0.5) is 5.69 Å². The Morgan fingerprint density at radius 2 is 2.19 bits per heavy atom. The van der Waals surface area contributed by atoms with Crippen LogP contribution in [0, 0.1) is 10.1 Å². The van der Waals surface area contributed by atoms with E-state index in [1.807, 2.05) is 0 Å². The van der Waals surface area contributed by atoms with Crippen LogP contribution in [-0.2, 0) is 0 Å². The molecule has 0 heterocycles. The van der Waals surface area contributed by atoms with Crippen LogP contribution in [0.5, 0.6) is 0 Å². The van der Waals surface area contributed by atoms with Gasteiger partial charge in [0, 0.05) is 23.9 Å². The number of alkyl halides is 1. The predicted molar refractivity (Wildman–Crippen MR) is 65.1 cm³/mol. The van der Waals surface area contributed by atoms with Gasteiger partial charge in [0.25, 0.3) is 5.69 Å². The molecule has 0 aliphatic carbocycles. The summed E-state index contributed by atoms with van der Waals surface area (Å²) in [6.45, 7) is 0. The number of Topliss-reactive ketones (excluding diaryl/α,β-unsaturated/α-hetero) is 1.